The van der Waals surface area contributed by atoms with E-state index >= 15 is 0 Å². The molecule has 3 aromatic carbocycles. The molecule has 0 amide bonds. The number of aryl methyl sites for hydroxylation is 1. The summed E-state index contributed by atoms with van der Waals surface area (Å²) < 4.78 is 14.5. The zero-order valence-electron chi connectivity index (χ0n) is 17.4. The lowest BCUT2D eigenvalue weighted by molar-refractivity contribution is 0.186. The van der Waals surface area contributed by atoms with Gasteiger partial charge in [0, 0.05) is 6.54 Å². The molecule has 1 unspecified atom stereocenters. The number of imidazole rings is 1. The maximum Gasteiger partial charge on any atom is 0.156 e. The summed E-state index contributed by atoms with van der Waals surface area (Å²) in [7, 11) is 0. The van der Waals surface area contributed by atoms with E-state index in [4.69, 9.17) is 14.5 Å². The van der Waals surface area contributed by atoms with Crippen LogP contribution in [0.4, 0.5) is 0 Å². The van der Waals surface area contributed by atoms with E-state index in [0.29, 0.717) is 6.61 Å². The number of para-hydroxylation sites is 4. The summed E-state index contributed by atoms with van der Waals surface area (Å²) >= 11 is 0. The number of aromatic nitrogens is 2. The molecule has 0 fully saturated rings. The summed E-state index contributed by atoms with van der Waals surface area (Å²) in [5, 5.41) is 0. The van der Waals surface area contributed by atoms with Crippen molar-refractivity contribution < 1.29 is 9.47 Å². The molecular formula is C26H28N2O2. The number of hydrogen-bond acceptors (Lipinski definition) is 3. The maximum atomic E-state index is 6.30. The van der Waals surface area contributed by atoms with Crippen LogP contribution in [0.25, 0.3) is 11.0 Å². The third-order valence-electron chi connectivity index (χ3n) is 5.15. The van der Waals surface area contributed by atoms with Gasteiger partial charge in [0.1, 0.15) is 11.5 Å². The van der Waals surface area contributed by atoms with Crippen molar-refractivity contribution in [2.75, 3.05) is 6.61 Å². The fourth-order valence-corrected chi connectivity index (χ4v) is 3.64. The Kier molecular flexibility index (Phi) is 6.65. The van der Waals surface area contributed by atoms with Crippen molar-refractivity contribution in [2.24, 2.45) is 0 Å². The van der Waals surface area contributed by atoms with Gasteiger partial charge in [-0.25, -0.2) is 4.98 Å². The summed E-state index contributed by atoms with van der Waals surface area (Å²) in [5.74, 6) is 2.79. The zero-order valence-corrected chi connectivity index (χ0v) is 17.4. The highest BCUT2D eigenvalue weighted by Gasteiger charge is 2.20. The molecular weight excluding hydrogens is 372 g/mol. The molecule has 0 bridgehead atoms. The molecule has 0 radical (unpaired) electrons. The van der Waals surface area contributed by atoms with Gasteiger partial charge in [0.2, 0.25) is 0 Å². The van der Waals surface area contributed by atoms with Gasteiger partial charge in [-0.15, -0.1) is 0 Å². The zero-order chi connectivity index (χ0) is 20.6. The Labute approximate surface area is 178 Å². The fourth-order valence-electron chi connectivity index (χ4n) is 3.64. The molecule has 0 aliphatic carbocycles. The van der Waals surface area contributed by atoms with E-state index in [1.54, 1.807) is 0 Å². The van der Waals surface area contributed by atoms with E-state index in [1.165, 1.54) is 0 Å². The largest absolute Gasteiger partial charge is 0.494 e. The first-order valence-electron chi connectivity index (χ1n) is 10.7. The van der Waals surface area contributed by atoms with E-state index in [9.17, 15) is 0 Å². The molecule has 30 heavy (non-hydrogen) atoms. The maximum absolute atomic E-state index is 6.30. The summed E-state index contributed by atoms with van der Waals surface area (Å²) in [6.45, 7) is 3.75. The number of benzene rings is 3. The van der Waals surface area contributed by atoms with Crippen molar-refractivity contribution in [3.8, 4) is 11.5 Å². The number of nitrogens with zero attached hydrogens (tertiary/aromatic N) is 2. The third kappa shape index (κ3) is 4.82. The van der Waals surface area contributed by atoms with E-state index in [2.05, 4.69) is 29.7 Å². The Balaban J connectivity index is 1.47. The Morgan fingerprint density at radius 1 is 0.800 bits per heavy atom. The summed E-state index contributed by atoms with van der Waals surface area (Å²) in [4.78, 5) is 4.93. The Morgan fingerprint density at radius 3 is 2.20 bits per heavy atom. The molecule has 1 atom stereocenters. The smallest absolute Gasteiger partial charge is 0.156 e. The Morgan fingerprint density at radius 2 is 1.47 bits per heavy atom. The first kappa shape index (κ1) is 20.0. The summed E-state index contributed by atoms with van der Waals surface area (Å²) in [6, 6.07) is 28.3. The van der Waals surface area contributed by atoms with Crippen LogP contribution < -0.4 is 9.47 Å². The lowest BCUT2D eigenvalue weighted by Gasteiger charge is -2.19. The first-order chi connectivity index (χ1) is 14.8. The second-order valence-electron chi connectivity index (χ2n) is 7.31. The minimum absolute atomic E-state index is 0.0830. The van der Waals surface area contributed by atoms with Crippen molar-refractivity contribution in [1.29, 1.82) is 0 Å². The van der Waals surface area contributed by atoms with E-state index in [-0.39, 0.29) is 6.10 Å². The van der Waals surface area contributed by atoms with Crippen LogP contribution in [0.2, 0.25) is 0 Å². The number of fused-ring (bicyclic) bond motifs is 1. The van der Waals surface area contributed by atoms with E-state index in [1.807, 2.05) is 66.7 Å². The van der Waals surface area contributed by atoms with Crippen molar-refractivity contribution in [3.63, 3.8) is 0 Å². The molecule has 4 rings (SSSR count). The minimum Gasteiger partial charge on any atom is -0.494 e. The lowest BCUT2D eigenvalue weighted by Crippen LogP contribution is -2.14. The highest BCUT2D eigenvalue weighted by molar-refractivity contribution is 5.76. The van der Waals surface area contributed by atoms with Crippen LogP contribution in [-0.4, -0.2) is 16.2 Å². The SMILES string of the molecule is CCC(Oc1ccccc1)c1nc2ccccc2n1CCCCOc1ccccc1. The van der Waals surface area contributed by atoms with Gasteiger partial charge in [-0.3, -0.25) is 0 Å². The van der Waals surface area contributed by atoms with Gasteiger partial charge >= 0.3 is 0 Å². The number of hydrogen-bond donors (Lipinski definition) is 0. The van der Waals surface area contributed by atoms with Gasteiger partial charge < -0.3 is 14.0 Å². The Bertz CT molecular complexity index is 1040. The monoisotopic (exact) mass is 400 g/mol. The van der Waals surface area contributed by atoms with Crippen LogP contribution in [0, 0.1) is 0 Å². The second-order valence-corrected chi connectivity index (χ2v) is 7.31. The van der Waals surface area contributed by atoms with Crippen molar-refractivity contribution in [2.45, 2.75) is 38.8 Å². The normalized spacial score (nSPS) is 12.0. The quantitative estimate of drug-likeness (QED) is 0.288. The number of unbranched alkanes of at least 4 members (excludes halogenated alkanes) is 1. The van der Waals surface area contributed by atoms with E-state index in [0.717, 1.165) is 54.2 Å². The van der Waals surface area contributed by atoms with Gasteiger partial charge in [0.15, 0.2) is 11.9 Å². The van der Waals surface area contributed by atoms with Crippen molar-refractivity contribution >= 4 is 11.0 Å². The van der Waals surface area contributed by atoms with Crippen LogP contribution in [0.1, 0.15) is 38.1 Å². The lowest BCUT2D eigenvalue weighted by atomic mass is 10.2. The molecule has 0 saturated heterocycles. The van der Waals surface area contributed by atoms with Gasteiger partial charge in [0.25, 0.3) is 0 Å². The topological polar surface area (TPSA) is 36.3 Å². The molecule has 4 aromatic rings. The number of rotatable bonds is 10. The van der Waals surface area contributed by atoms with Crippen LogP contribution >= 0.6 is 0 Å². The molecule has 0 N–H and O–H groups in total. The minimum atomic E-state index is -0.0830. The summed E-state index contributed by atoms with van der Waals surface area (Å²) in [5.41, 5.74) is 2.18. The van der Waals surface area contributed by atoms with E-state index < -0.39 is 0 Å². The molecule has 0 aliphatic heterocycles. The fraction of sp³-hybridized carbons (Fsp3) is 0.269. The molecule has 0 aliphatic rings. The predicted octanol–water partition coefficient (Wildman–Crippen LogP) is 6.43. The number of ether oxygens (including phenoxy) is 2. The van der Waals surface area contributed by atoms with Gasteiger partial charge in [-0.05, 0) is 55.7 Å². The molecule has 1 aromatic heterocycles. The third-order valence-corrected chi connectivity index (χ3v) is 5.15. The molecule has 154 valence electrons. The standard InChI is InChI=1S/C26H28N2O2/c1-2-25(30-22-15-7-4-8-16-22)26-27-23-17-9-10-18-24(23)28(26)19-11-12-20-29-21-13-5-3-6-14-21/h3-10,13-18,25H,2,11-12,19-20H2,1H3. The predicted molar refractivity (Wildman–Crippen MR) is 121 cm³/mol. The van der Waals surface area contributed by atoms with Crippen LogP contribution in [-0.2, 0) is 6.54 Å². The van der Waals surface area contributed by atoms with Gasteiger partial charge in [-0.1, -0.05) is 55.5 Å². The highest BCUT2D eigenvalue weighted by Crippen LogP contribution is 2.28. The van der Waals surface area contributed by atoms with Crippen LogP contribution in [0.3, 0.4) is 0 Å². The first-order valence-corrected chi connectivity index (χ1v) is 10.7. The Hall–Kier alpha value is -3.27. The molecule has 4 heteroatoms. The average Bonchev–Trinajstić information content (AvgIpc) is 3.17. The summed E-state index contributed by atoms with van der Waals surface area (Å²) in [6.07, 6.45) is 2.77. The van der Waals surface area contributed by atoms with Crippen LogP contribution in [0.15, 0.2) is 84.9 Å². The molecule has 0 spiro atoms. The van der Waals surface area contributed by atoms with Crippen molar-refractivity contribution in [1.82, 2.24) is 9.55 Å². The molecule has 0 saturated carbocycles. The van der Waals surface area contributed by atoms with Gasteiger partial charge in [-0.2, -0.15) is 0 Å². The van der Waals surface area contributed by atoms with Crippen molar-refractivity contribution in [3.05, 3.63) is 90.8 Å². The highest BCUT2D eigenvalue weighted by atomic mass is 16.5. The molecule has 4 nitrogen and oxygen atoms in total. The molecule has 1 heterocycles. The second kappa shape index (κ2) is 9.97. The van der Waals surface area contributed by atoms with Gasteiger partial charge in [0.05, 0.1) is 17.6 Å². The average molecular weight is 401 g/mol. The van der Waals surface area contributed by atoms with Crippen LogP contribution in [0.5, 0.6) is 11.5 Å².